The summed E-state index contributed by atoms with van der Waals surface area (Å²) in [5.74, 6) is 5.12. The van der Waals surface area contributed by atoms with E-state index in [2.05, 4.69) is 5.32 Å². The molecule has 0 aromatic rings. The number of rotatable bonds is 7. The van der Waals surface area contributed by atoms with Crippen LogP contribution < -0.4 is 16.9 Å². The van der Waals surface area contributed by atoms with Crippen molar-refractivity contribution in [1.82, 2.24) is 10.3 Å². The number of hydrogen-bond donors (Lipinski definition) is 4. The van der Waals surface area contributed by atoms with E-state index in [4.69, 9.17) is 21.4 Å². The number of nitrogens with two attached hydrogens (primary N) is 2. The normalized spacial score (nSPS) is 10.3. The smallest absolute Gasteiger partial charge is 0.268 e. The fourth-order valence-corrected chi connectivity index (χ4v) is 0.783. The Hall–Kier alpha value is -1.31. The SMILES string of the molecule is CC.CNC(=O)/C(N)=C/N(N)CCOCCO. The highest BCUT2D eigenvalue weighted by Crippen LogP contribution is 1.87. The number of hydrogen-bond acceptors (Lipinski definition) is 6. The Balaban J connectivity index is 0. The third kappa shape index (κ3) is 11.0. The number of carbonyl (C=O) groups is 1. The molecule has 1 amide bonds. The summed E-state index contributed by atoms with van der Waals surface area (Å²) in [4.78, 5) is 11.0. The molecular weight excluding hydrogens is 224 g/mol. The van der Waals surface area contributed by atoms with Gasteiger partial charge in [0.15, 0.2) is 0 Å². The average Bonchev–Trinajstić information content (AvgIpc) is 2.36. The molecule has 0 saturated carbocycles. The maximum atomic E-state index is 11.0. The lowest BCUT2D eigenvalue weighted by Crippen LogP contribution is -2.33. The molecule has 17 heavy (non-hydrogen) atoms. The second kappa shape index (κ2) is 12.8. The predicted molar refractivity (Wildman–Crippen MR) is 66.5 cm³/mol. The molecule has 0 fully saturated rings. The number of aliphatic hydroxyl groups is 1. The first kappa shape index (κ1) is 18.1. The van der Waals surface area contributed by atoms with Crippen molar-refractivity contribution in [3.8, 4) is 0 Å². The topological polar surface area (TPSA) is 114 Å². The minimum absolute atomic E-state index is 0.0270. The molecule has 0 aliphatic carbocycles. The lowest BCUT2D eigenvalue weighted by Gasteiger charge is -2.14. The van der Waals surface area contributed by atoms with Crippen LogP contribution in [0.3, 0.4) is 0 Å². The van der Waals surface area contributed by atoms with Gasteiger partial charge >= 0.3 is 0 Å². The molecule has 0 aliphatic rings. The van der Waals surface area contributed by atoms with Crippen LogP contribution in [0.5, 0.6) is 0 Å². The van der Waals surface area contributed by atoms with Gasteiger partial charge in [-0.15, -0.1) is 0 Å². The summed E-state index contributed by atoms with van der Waals surface area (Å²) < 4.78 is 4.98. The Morgan fingerprint density at radius 3 is 2.53 bits per heavy atom. The molecule has 0 heterocycles. The van der Waals surface area contributed by atoms with Gasteiger partial charge in [0.05, 0.1) is 26.4 Å². The first-order valence-electron chi connectivity index (χ1n) is 5.51. The second-order valence-electron chi connectivity index (χ2n) is 2.74. The molecule has 0 aromatic heterocycles. The minimum atomic E-state index is -0.387. The zero-order valence-corrected chi connectivity index (χ0v) is 10.8. The maximum absolute atomic E-state index is 11.0. The third-order valence-electron chi connectivity index (χ3n) is 1.52. The van der Waals surface area contributed by atoms with Gasteiger partial charge in [-0.05, 0) is 0 Å². The Labute approximate surface area is 102 Å². The van der Waals surface area contributed by atoms with Crippen molar-refractivity contribution < 1.29 is 14.6 Å². The van der Waals surface area contributed by atoms with E-state index in [0.717, 1.165) is 0 Å². The molecule has 0 atom stereocenters. The molecule has 0 aliphatic heterocycles. The number of nitrogens with zero attached hydrogens (tertiary/aromatic N) is 1. The quantitative estimate of drug-likeness (QED) is 0.194. The molecule has 0 bridgehead atoms. The molecule has 0 aromatic carbocycles. The lowest BCUT2D eigenvalue weighted by atomic mass is 10.4. The summed E-state index contributed by atoms with van der Waals surface area (Å²) in [7, 11) is 1.48. The summed E-state index contributed by atoms with van der Waals surface area (Å²) in [6.07, 6.45) is 1.32. The summed E-state index contributed by atoms with van der Waals surface area (Å²) in [6, 6.07) is 0. The molecule has 6 N–H and O–H groups in total. The maximum Gasteiger partial charge on any atom is 0.268 e. The van der Waals surface area contributed by atoms with Crippen molar-refractivity contribution in [2.75, 3.05) is 33.4 Å². The Morgan fingerprint density at radius 2 is 2.06 bits per heavy atom. The first-order valence-corrected chi connectivity index (χ1v) is 5.51. The van der Waals surface area contributed by atoms with Crippen LogP contribution in [-0.4, -0.2) is 49.4 Å². The molecule has 102 valence electrons. The van der Waals surface area contributed by atoms with Gasteiger partial charge in [-0.25, -0.2) is 5.84 Å². The van der Waals surface area contributed by atoms with E-state index in [0.29, 0.717) is 13.2 Å². The van der Waals surface area contributed by atoms with Crippen molar-refractivity contribution in [2.45, 2.75) is 13.8 Å². The van der Waals surface area contributed by atoms with Crippen LogP contribution in [0.1, 0.15) is 13.8 Å². The van der Waals surface area contributed by atoms with Crippen molar-refractivity contribution in [2.24, 2.45) is 11.6 Å². The van der Waals surface area contributed by atoms with Crippen LogP contribution in [0.15, 0.2) is 11.9 Å². The van der Waals surface area contributed by atoms with Gasteiger partial charge in [0.25, 0.3) is 5.91 Å². The molecule has 7 heteroatoms. The number of amides is 1. The van der Waals surface area contributed by atoms with Gasteiger partial charge in [0, 0.05) is 13.2 Å². The monoisotopic (exact) mass is 248 g/mol. The van der Waals surface area contributed by atoms with Gasteiger partial charge in [-0.1, -0.05) is 13.8 Å². The zero-order valence-electron chi connectivity index (χ0n) is 10.8. The van der Waals surface area contributed by atoms with E-state index in [-0.39, 0.29) is 24.8 Å². The standard InChI is InChI=1S/C8H18N4O3.C2H6/c1-11-8(14)7(9)6-12(10)2-4-15-5-3-13;1-2/h6,13H,2-5,9-10H2,1H3,(H,11,14);1-2H3/b7-6-;. The average molecular weight is 248 g/mol. The third-order valence-corrected chi connectivity index (χ3v) is 1.52. The first-order chi connectivity index (χ1) is 8.11. The van der Waals surface area contributed by atoms with E-state index in [1.807, 2.05) is 13.8 Å². The molecule has 0 rings (SSSR count). The van der Waals surface area contributed by atoms with Crippen LogP contribution in [0.4, 0.5) is 0 Å². The van der Waals surface area contributed by atoms with Crippen molar-refractivity contribution in [3.05, 3.63) is 11.9 Å². The number of aliphatic hydroxyl groups excluding tert-OH is 1. The lowest BCUT2D eigenvalue weighted by molar-refractivity contribution is -0.117. The highest BCUT2D eigenvalue weighted by atomic mass is 16.5. The van der Waals surface area contributed by atoms with E-state index in [9.17, 15) is 4.79 Å². The predicted octanol–water partition coefficient (Wildman–Crippen LogP) is -1.26. The minimum Gasteiger partial charge on any atom is -0.394 e. The molecule has 7 nitrogen and oxygen atoms in total. The van der Waals surface area contributed by atoms with Crippen LogP contribution in [0.2, 0.25) is 0 Å². The summed E-state index contributed by atoms with van der Waals surface area (Å²) >= 11 is 0. The fourth-order valence-electron chi connectivity index (χ4n) is 0.783. The number of nitrogens with one attached hydrogen (secondary N) is 1. The van der Waals surface area contributed by atoms with Crippen LogP contribution in [0.25, 0.3) is 0 Å². The highest BCUT2D eigenvalue weighted by Gasteiger charge is 2.02. The zero-order chi connectivity index (χ0) is 13.7. The van der Waals surface area contributed by atoms with Crippen molar-refractivity contribution in [1.29, 1.82) is 0 Å². The van der Waals surface area contributed by atoms with E-state index in [1.54, 1.807) is 0 Å². The summed E-state index contributed by atoms with van der Waals surface area (Å²) in [6.45, 7) is 4.98. The van der Waals surface area contributed by atoms with Gasteiger partial charge in [-0.2, -0.15) is 0 Å². The number of likely N-dealkylation sites (N-methyl/N-ethyl adjacent to an activating group) is 1. The molecule has 0 unspecified atom stereocenters. The second-order valence-corrected chi connectivity index (χ2v) is 2.74. The Kier molecular flexibility index (Phi) is 13.6. The number of ether oxygens (including phenoxy) is 1. The van der Waals surface area contributed by atoms with Crippen molar-refractivity contribution >= 4 is 5.91 Å². The van der Waals surface area contributed by atoms with Gasteiger partial charge in [0.1, 0.15) is 5.70 Å². The number of hydrazine groups is 1. The van der Waals surface area contributed by atoms with Crippen LogP contribution in [0, 0.1) is 0 Å². The van der Waals surface area contributed by atoms with E-state index in [1.165, 1.54) is 18.3 Å². The van der Waals surface area contributed by atoms with E-state index < -0.39 is 0 Å². The number of carbonyl (C=O) groups excluding carboxylic acids is 1. The molecule has 0 spiro atoms. The van der Waals surface area contributed by atoms with Gasteiger partial charge in [-0.3, -0.25) is 4.79 Å². The van der Waals surface area contributed by atoms with Gasteiger partial charge < -0.3 is 25.9 Å². The molecule has 0 saturated heterocycles. The summed E-state index contributed by atoms with van der Waals surface area (Å²) in [5, 5.41) is 12.0. The van der Waals surface area contributed by atoms with Gasteiger partial charge in [0.2, 0.25) is 0 Å². The molecular formula is C10H24N4O3. The van der Waals surface area contributed by atoms with Crippen LogP contribution in [-0.2, 0) is 9.53 Å². The largest absolute Gasteiger partial charge is 0.394 e. The Bertz CT molecular complexity index is 222. The van der Waals surface area contributed by atoms with Crippen molar-refractivity contribution in [3.63, 3.8) is 0 Å². The van der Waals surface area contributed by atoms with E-state index >= 15 is 0 Å². The Morgan fingerprint density at radius 1 is 1.47 bits per heavy atom. The summed E-state index contributed by atoms with van der Waals surface area (Å²) in [5.41, 5.74) is 5.44. The van der Waals surface area contributed by atoms with Crippen LogP contribution >= 0.6 is 0 Å². The fraction of sp³-hybridized carbons (Fsp3) is 0.700. The molecule has 0 radical (unpaired) electrons. The highest BCUT2D eigenvalue weighted by molar-refractivity contribution is 5.91.